The third-order valence-corrected chi connectivity index (χ3v) is 4.91. The van der Waals surface area contributed by atoms with E-state index < -0.39 is 0 Å². The molecule has 1 aromatic heterocycles. The van der Waals surface area contributed by atoms with Gasteiger partial charge in [-0.15, -0.1) is 0 Å². The zero-order chi connectivity index (χ0) is 18.6. The van der Waals surface area contributed by atoms with Crippen LogP contribution in [-0.2, 0) is 6.54 Å². The second-order valence-corrected chi connectivity index (χ2v) is 7.03. The van der Waals surface area contributed by atoms with Gasteiger partial charge in [-0.05, 0) is 36.4 Å². The molecule has 136 valence electrons. The van der Waals surface area contributed by atoms with E-state index in [-0.39, 0.29) is 0 Å². The van der Waals surface area contributed by atoms with Gasteiger partial charge in [0.2, 0.25) is 0 Å². The largest absolute Gasteiger partial charge is 0.497 e. The predicted octanol–water partition coefficient (Wildman–Crippen LogP) is 5.55. The van der Waals surface area contributed by atoms with E-state index in [1.807, 2.05) is 54.6 Å². The number of hydrogen-bond donors (Lipinski definition) is 0. The fourth-order valence-electron chi connectivity index (χ4n) is 3.07. The van der Waals surface area contributed by atoms with Crippen LogP contribution in [0.4, 0.5) is 0 Å². The molecule has 0 radical (unpaired) electrons. The van der Waals surface area contributed by atoms with E-state index in [1.54, 1.807) is 7.11 Å². The zero-order valence-corrected chi connectivity index (χ0v) is 16.5. The number of halogens is 1. The van der Waals surface area contributed by atoms with Crippen molar-refractivity contribution >= 4 is 27.0 Å². The van der Waals surface area contributed by atoms with Gasteiger partial charge in [0.15, 0.2) is 0 Å². The third kappa shape index (κ3) is 3.83. The molecule has 0 bridgehead atoms. The fourth-order valence-corrected chi connectivity index (χ4v) is 3.33. The van der Waals surface area contributed by atoms with Crippen LogP contribution in [0.25, 0.3) is 22.4 Å². The lowest BCUT2D eigenvalue weighted by atomic mass is 10.2. The van der Waals surface area contributed by atoms with Crippen molar-refractivity contribution in [3.63, 3.8) is 0 Å². The van der Waals surface area contributed by atoms with Crippen molar-refractivity contribution < 1.29 is 9.47 Å². The first-order valence-corrected chi connectivity index (χ1v) is 9.52. The molecule has 0 saturated carbocycles. The van der Waals surface area contributed by atoms with Gasteiger partial charge < -0.3 is 14.0 Å². The maximum atomic E-state index is 5.94. The van der Waals surface area contributed by atoms with Crippen LogP contribution in [0.2, 0.25) is 0 Å². The van der Waals surface area contributed by atoms with Crippen LogP contribution in [-0.4, -0.2) is 23.3 Å². The summed E-state index contributed by atoms with van der Waals surface area (Å²) in [6, 6.07) is 24.1. The number of fused-ring (bicyclic) bond motifs is 1. The van der Waals surface area contributed by atoms with Crippen molar-refractivity contribution in [2.45, 2.75) is 6.54 Å². The minimum Gasteiger partial charge on any atom is -0.497 e. The van der Waals surface area contributed by atoms with E-state index in [4.69, 9.17) is 14.5 Å². The minimum atomic E-state index is 0.539. The number of rotatable bonds is 6. The van der Waals surface area contributed by atoms with Crippen molar-refractivity contribution in [2.24, 2.45) is 0 Å². The van der Waals surface area contributed by atoms with Gasteiger partial charge in [-0.1, -0.05) is 46.3 Å². The van der Waals surface area contributed by atoms with E-state index in [0.717, 1.165) is 38.4 Å². The first kappa shape index (κ1) is 17.6. The molecule has 0 saturated heterocycles. The van der Waals surface area contributed by atoms with Crippen molar-refractivity contribution in [1.82, 2.24) is 9.55 Å². The van der Waals surface area contributed by atoms with Crippen molar-refractivity contribution in [3.05, 3.63) is 77.3 Å². The quantitative estimate of drug-likeness (QED) is 0.408. The van der Waals surface area contributed by atoms with Crippen molar-refractivity contribution in [1.29, 1.82) is 0 Å². The summed E-state index contributed by atoms with van der Waals surface area (Å²) in [6.45, 7) is 1.24. The molecule has 0 amide bonds. The Morgan fingerprint density at radius 3 is 2.52 bits per heavy atom. The smallest absolute Gasteiger partial charge is 0.141 e. The van der Waals surface area contributed by atoms with Gasteiger partial charge in [0.25, 0.3) is 0 Å². The number of benzene rings is 3. The molecule has 4 nitrogen and oxygen atoms in total. The first-order valence-electron chi connectivity index (χ1n) is 8.72. The van der Waals surface area contributed by atoms with Crippen LogP contribution >= 0.6 is 15.9 Å². The topological polar surface area (TPSA) is 36.3 Å². The maximum absolute atomic E-state index is 5.94. The van der Waals surface area contributed by atoms with Gasteiger partial charge in [0.1, 0.15) is 23.9 Å². The van der Waals surface area contributed by atoms with E-state index in [1.165, 1.54) is 0 Å². The monoisotopic (exact) mass is 422 g/mol. The number of para-hydroxylation sites is 2. The van der Waals surface area contributed by atoms with Crippen LogP contribution in [0.15, 0.2) is 77.3 Å². The lowest BCUT2D eigenvalue weighted by molar-refractivity contribution is 0.298. The summed E-state index contributed by atoms with van der Waals surface area (Å²) in [5.41, 5.74) is 3.16. The molecule has 4 rings (SSSR count). The molecular weight excluding hydrogens is 404 g/mol. The Kier molecular flexibility index (Phi) is 5.12. The Morgan fingerprint density at radius 1 is 0.926 bits per heavy atom. The van der Waals surface area contributed by atoms with E-state index in [9.17, 15) is 0 Å². The Hall–Kier alpha value is -2.79. The van der Waals surface area contributed by atoms with Crippen LogP contribution in [0.3, 0.4) is 0 Å². The average molecular weight is 423 g/mol. The number of imidazole rings is 1. The van der Waals surface area contributed by atoms with Gasteiger partial charge in [0.05, 0.1) is 24.7 Å². The molecule has 0 aliphatic carbocycles. The van der Waals surface area contributed by atoms with Crippen LogP contribution in [0.5, 0.6) is 11.5 Å². The summed E-state index contributed by atoms with van der Waals surface area (Å²) < 4.78 is 14.5. The minimum absolute atomic E-state index is 0.539. The molecule has 3 aromatic carbocycles. The molecule has 0 aliphatic rings. The van der Waals surface area contributed by atoms with Crippen molar-refractivity contribution in [3.8, 4) is 22.9 Å². The second kappa shape index (κ2) is 7.84. The van der Waals surface area contributed by atoms with Crippen LogP contribution in [0.1, 0.15) is 0 Å². The van der Waals surface area contributed by atoms with Gasteiger partial charge >= 0.3 is 0 Å². The Morgan fingerprint density at radius 2 is 1.70 bits per heavy atom. The predicted molar refractivity (Wildman–Crippen MR) is 111 cm³/mol. The number of methoxy groups -OCH3 is 1. The van der Waals surface area contributed by atoms with Gasteiger partial charge in [-0.25, -0.2) is 4.98 Å². The molecule has 5 heteroatoms. The molecule has 0 unspecified atom stereocenters. The fraction of sp³-hybridized carbons (Fsp3) is 0.136. The van der Waals surface area contributed by atoms with Crippen molar-refractivity contribution in [2.75, 3.05) is 13.7 Å². The van der Waals surface area contributed by atoms with E-state index in [0.29, 0.717) is 13.2 Å². The lowest BCUT2D eigenvalue weighted by Gasteiger charge is -2.11. The standard InChI is InChI=1S/C22H19BrN2O2/c1-26-18-5-4-6-19(15-18)27-14-13-25-21-8-3-2-7-20(21)24-22(25)16-9-11-17(23)12-10-16/h2-12,15H,13-14H2,1H3. The molecular formula is C22H19BrN2O2. The summed E-state index contributed by atoms with van der Waals surface area (Å²) in [7, 11) is 1.65. The lowest BCUT2D eigenvalue weighted by Crippen LogP contribution is -2.09. The number of ether oxygens (including phenoxy) is 2. The van der Waals surface area contributed by atoms with E-state index >= 15 is 0 Å². The first-order chi connectivity index (χ1) is 13.2. The molecule has 27 heavy (non-hydrogen) atoms. The zero-order valence-electron chi connectivity index (χ0n) is 14.9. The number of hydrogen-bond acceptors (Lipinski definition) is 3. The SMILES string of the molecule is COc1cccc(OCCn2c(-c3ccc(Br)cc3)nc3ccccc32)c1. The summed E-state index contributed by atoms with van der Waals surface area (Å²) in [5, 5.41) is 0. The molecule has 4 aromatic rings. The average Bonchev–Trinajstić information content (AvgIpc) is 3.07. The summed E-state index contributed by atoms with van der Waals surface area (Å²) >= 11 is 3.49. The maximum Gasteiger partial charge on any atom is 0.141 e. The molecule has 0 atom stereocenters. The Bertz CT molecular complexity index is 1060. The van der Waals surface area contributed by atoms with Gasteiger partial charge in [-0.2, -0.15) is 0 Å². The highest BCUT2D eigenvalue weighted by atomic mass is 79.9. The van der Waals surface area contributed by atoms with Crippen LogP contribution < -0.4 is 9.47 Å². The molecule has 0 spiro atoms. The normalized spacial score (nSPS) is 10.9. The highest BCUT2D eigenvalue weighted by molar-refractivity contribution is 9.10. The summed E-state index contributed by atoms with van der Waals surface area (Å²) in [6.07, 6.45) is 0. The summed E-state index contributed by atoms with van der Waals surface area (Å²) in [5.74, 6) is 2.53. The highest BCUT2D eigenvalue weighted by Crippen LogP contribution is 2.26. The summed E-state index contributed by atoms with van der Waals surface area (Å²) in [4.78, 5) is 4.84. The Labute approximate surface area is 166 Å². The molecule has 1 heterocycles. The molecule has 0 fully saturated rings. The van der Waals surface area contributed by atoms with Gasteiger partial charge in [0, 0.05) is 16.1 Å². The third-order valence-electron chi connectivity index (χ3n) is 4.38. The van der Waals surface area contributed by atoms with Crippen LogP contribution in [0, 0.1) is 0 Å². The second-order valence-electron chi connectivity index (χ2n) is 6.11. The number of aromatic nitrogens is 2. The van der Waals surface area contributed by atoms with Gasteiger partial charge in [-0.3, -0.25) is 0 Å². The highest BCUT2D eigenvalue weighted by Gasteiger charge is 2.12. The molecule has 0 aliphatic heterocycles. The Balaban J connectivity index is 1.61. The number of nitrogens with zero attached hydrogens (tertiary/aromatic N) is 2. The van der Waals surface area contributed by atoms with E-state index in [2.05, 4.69) is 38.7 Å². The molecule has 0 N–H and O–H groups in total.